The fourth-order valence-electron chi connectivity index (χ4n) is 2.55. The first-order chi connectivity index (χ1) is 10.0. The summed E-state index contributed by atoms with van der Waals surface area (Å²) < 4.78 is 5.08. The lowest BCUT2D eigenvalue weighted by molar-refractivity contribution is -0.139. The molecule has 5 heteroatoms. The summed E-state index contributed by atoms with van der Waals surface area (Å²) in [7, 11) is 0. The Bertz CT molecular complexity index is 507. The van der Waals surface area contributed by atoms with E-state index < -0.39 is 12.6 Å². The van der Waals surface area contributed by atoms with Gasteiger partial charge >= 0.3 is 5.97 Å². The van der Waals surface area contributed by atoms with E-state index in [-0.39, 0.29) is 11.9 Å². The van der Waals surface area contributed by atoms with Crippen molar-refractivity contribution in [3.8, 4) is 5.75 Å². The van der Waals surface area contributed by atoms with Crippen LogP contribution in [-0.4, -0.2) is 29.6 Å². The summed E-state index contributed by atoms with van der Waals surface area (Å²) in [4.78, 5) is 22.7. The Hall–Kier alpha value is -2.04. The van der Waals surface area contributed by atoms with Crippen LogP contribution in [0.3, 0.4) is 0 Å². The molecule has 0 bridgehead atoms. The molecule has 2 N–H and O–H groups in total. The molecular formula is C16H21NO4. The molecule has 114 valence electrons. The van der Waals surface area contributed by atoms with Gasteiger partial charge in [-0.05, 0) is 49.8 Å². The molecule has 1 aliphatic carbocycles. The minimum atomic E-state index is -1.04. The van der Waals surface area contributed by atoms with E-state index in [1.54, 1.807) is 24.3 Å². The van der Waals surface area contributed by atoms with Gasteiger partial charge in [-0.3, -0.25) is 4.79 Å². The number of benzene rings is 1. The number of carboxylic acid groups (broad SMARTS) is 1. The van der Waals surface area contributed by atoms with Crippen molar-refractivity contribution in [2.24, 2.45) is 5.92 Å². The van der Waals surface area contributed by atoms with Crippen LogP contribution in [0.5, 0.6) is 5.75 Å². The number of rotatable bonds is 5. The van der Waals surface area contributed by atoms with Crippen LogP contribution in [0, 0.1) is 5.92 Å². The Balaban J connectivity index is 1.92. The standard InChI is InChI=1S/C16H21NO4/c1-11-5-7-13(8-6-11)17-16(20)12-3-2-4-14(9-12)21-10-15(18)19/h2-4,9,11,13H,5-8,10H2,1H3,(H,17,20)(H,18,19). The van der Waals surface area contributed by atoms with Crippen LogP contribution in [0.1, 0.15) is 43.0 Å². The van der Waals surface area contributed by atoms with Crippen LogP contribution in [0.15, 0.2) is 24.3 Å². The Morgan fingerprint density at radius 2 is 2.00 bits per heavy atom. The number of ether oxygens (including phenoxy) is 1. The van der Waals surface area contributed by atoms with Crippen LogP contribution in [0.4, 0.5) is 0 Å². The van der Waals surface area contributed by atoms with Crippen LogP contribution in [-0.2, 0) is 4.79 Å². The number of carbonyl (C=O) groups excluding carboxylic acids is 1. The highest BCUT2D eigenvalue weighted by Crippen LogP contribution is 2.23. The van der Waals surface area contributed by atoms with Gasteiger partial charge in [-0.2, -0.15) is 0 Å². The SMILES string of the molecule is CC1CCC(NC(=O)c2cccc(OCC(=O)O)c2)CC1. The first-order valence-electron chi connectivity index (χ1n) is 7.30. The van der Waals surface area contributed by atoms with Gasteiger partial charge in [-0.1, -0.05) is 13.0 Å². The second kappa shape index (κ2) is 7.11. The molecule has 21 heavy (non-hydrogen) atoms. The van der Waals surface area contributed by atoms with E-state index in [0.29, 0.717) is 11.3 Å². The molecule has 1 fully saturated rings. The zero-order chi connectivity index (χ0) is 15.2. The largest absolute Gasteiger partial charge is 0.482 e. The lowest BCUT2D eigenvalue weighted by Gasteiger charge is -2.26. The molecule has 1 aromatic rings. The molecule has 0 aromatic heterocycles. The number of hydrogen-bond donors (Lipinski definition) is 2. The fourth-order valence-corrected chi connectivity index (χ4v) is 2.55. The van der Waals surface area contributed by atoms with E-state index >= 15 is 0 Å². The van der Waals surface area contributed by atoms with Gasteiger partial charge in [0.1, 0.15) is 5.75 Å². The Labute approximate surface area is 124 Å². The molecule has 0 atom stereocenters. The van der Waals surface area contributed by atoms with Crippen molar-refractivity contribution in [1.82, 2.24) is 5.32 Å². The van der Waals surface area contributed by atoms with Crippen molar-refractivity contribution < 1.29 is 19.4 Å². The van der Waals surface area contributed by atoms with E-state index in [1.807, 2.05) is 0 Å². The maximum Gasteiger partial charge on any atom is 0.341 e. The first kappa shape index (κ1) is 15.4. The summed E-state index contributed by atoms with van der Waals surface area (Å²) in [6, 6.07) is 6.84. The summed E-state index contributed by atoms with van der Waals surface area (Å²) in [6.45, 7) is 1.83. The average molecular weight is 291 g/mol. The molecule has 0 saturated heterocycles. The zero-order valence-corrected chi connectivity index (χ0v) is 12.2. The third kappa shape index (κ3) is 4.77. The molecule has 1 amide bonds. The highest BCUT2D eigenvalue weighted by Gasteiger charge is 2.20. The molecule has 0 heterocycles. The zero-order valence-electron chi connectivity index (χ0n) is 12.2. The van der Waals surface area contributed by atoms with Gasteiger partial charge in [0, 0.05) is 11.6 Å². The van der Waals surface area contributed by atoms with Crippen molar-refractivity contribution >= 4 is 11.9 Å². The number of carboxylic acids is 1. The quantitative estimate of drug-likeness (QED) is 0.873. The molecule has 0 unspecified atom stereocenters. The molecule has 1 saturated carbocycles. The van der Waals surface area contributed by atoms with Gasteiger partial charge in [-0.15, -0.1) is 0 Å². The van der Waals surface area contributed by atoms with Gasteiger partial charge in [-0.25, -0.2) is 4.79 Å². The molecule has 0 spiro atoms. The third-order valence-corrected chi connectivity index (χ3v) is 3.81. The number of aliphatic carboxylic acids is 1. The molecule has 0 aliphatic heterocycles. The summed E-state index contributed by atoms with van der Waals surface area (Å²) >= 11 is 0. The molecule has 0 radical (unpaired) electrons. The topological polar surface area (TPSA) is 75.6 Å². The van der Waals surface area contributed by atoms with E-state index in [0.717, 1.165) is 31.6 Å². The van der Waals surface area contributed by atoms with Crippen molar-refractivity contribution in [1.29, 1.82) is 0 Å². The van der Waals surface area contributed by atoms with Crippen molar-refractivity contribution in [2.45, 2.75) is 38.6 Å². The first-order valence-corrected chi connectivity index (χ1v) is 7.30. The molecule has 5 nitrogen and oxygen atoms in total. The Morgan fingerprint density at radius 3 is 2.67 bits per heavy atom. The van der Waals surface area contributed by atoms with E-state index in [9.17, 15) is 9.59 Å². The van der Waals surface area contributed by atoms with Crippen LogP contribution < -0.4 is 10.1 Å². The predicted molar refractivity (Wildman–Crippen MR) is 78.5 cm³/mol. The van der Waals surface area contributed by atoms with E-state index in [4.69, 9.17) is 9.84 Å². The highest BCUT2D eigenvalue weighted by atomic mass is 16.5. The maximum atomic E-state index is 12.2. The minimum absolute atomic E-state index is 0.129. The molecule has 1 aromatic carbocycles. The van der Waals surface area contributed by atoms with Crippen molar-refractivity contribution in [3.63, 3.8) is 0 Å². The molecule has 2 rings (SSSR count). The smallest absolute Gasteiger partial charge is 0.341 e. The fraction of sp³-hybridized carbons (Fsp3) is 0.500. The lowest BCUT2D eigenvalue weighted by atomic mass is 9.87. The van der Waals surface area contributed by atoms with E-state index in [1.165, 1.54) is 0 Å². The van der Waals surface area contributed by atoms with E-state index in [2.05, 4.69) is 12.2 Å². The molecule has 1 aliphatic rings. The van der Waals surface area contributed by atoms with Crippen LogP contribution in [0.2, 0.25) is 0 Å². The number of carbonyl (C=O) groups is 2. The Kier molecular flexibility index (Phi) is 5.20. The van der Waals surface area contributed by atoms with Crippen LogP contribution >= 0.6 is 0 Å². The normalized spacial score (nSPS) is 21.6. The minimum Gasteiger partial charge on any atom is -0.482 e. The second-order valence-corrected chi connectivity index (χ2v) is 5.64. The van der Waals surface area contributed by atoms with Gasteiger partial charge in [0.05, 0.1) is 0 Å². The lowest BCUT2D eigenvalue weighted by Crippen LogP contribution is -2.37. The summed E-state index contributed by atoms with van der Waals surface area (Å²) in [5.74, 6) is -0.0373. The molecular weight excluding hydrogens is 270 g/mol. The predicted octanol–water partition coefficient (Wildman–Crippen LogP) is 2.46. The summed E-state index contributed by atoms with van der Waals surface area (Å²) in [5, 5.41) is 11.6. The summed E-state index contributed by atoms with van der Waals surface area (Å²) in [5.41, 5.74) is 0.497. The Morgan fingerprint density at radius 1 is 1.29 bits per heavy atom. The monoisotopic (exact) mass is 291 g/mol. The van der Waals surface area contributed by atoms with Gasteiger partial charge in [0.15, 0.2) is 6.61 Å². The van der Waals surface area contributed by atoms with Gasteiger partial charge in [0.25, 0.3) is 5.91 Å². The van der Waals surface area contributed by atoms with Crippen molar-refractivity contribution in [2.75, 3.05) is 6.61 Å². The second-order valence-electron chi connectivity index (χ2n) is 5.64. The third-order valence-electron chi connectivity index (χ3n) is 3.81. The number of nitrogens with one attached hydrogen (secondary N) is 1. The number of amides is 1. The van der Waals surface area contributed by atoms with Crippen LogP contribution in [0.25, 0.3) is 0 Å². The average Bonchev–Trinajstić information content (AvgIpc) is 2.48. The van der Waals surface area contributed by atoms with Gasteiger partial charge < -0.3 is 15.2 Å². The summed E-state index contributed by atoms with van der Waals surface area (Å²) in [6.07, 6.45) is 4.32. The number of hydrogen-bond acceptors (Lipinski definition) is 3. The highest BCUT2D eigenvalue weighted by molar-refractivity contribution is 5.94. The van der Waals surface area contributed by atoms with Crippen molar-refractivity contribution in [3.05, 3.63) is 29.8 Å². The van der Waals surface area contributed by atoms with Gasteiger partial charge in [0.2, 0.25) is 0 Å². The maximum absolute atomic E-state index is 12.2.